The number of hydrogen-bond donors (Lipinski definition) is 1. The van der Waals surface area contributed by atoms with Crippen LogP contribution >= 0.6 is 0 Å². The zero-order valence-corrected chi connectivity index (χ0v) is 22.0. The van der Waals surface area contributed by atoms with E-state index in [0.29, 0.717) is 29.7 Å². The fraction of sp³-hybridized carbons (Fsp3) is 0.481. The van der Waals surface area contributed by atoms with Gasteiger partial charge in [-0.25, -0.2) is 0 Å². The second-order valence-electron chi connectivity index (χ2n) is 10.4. The van der Waals surface area contributed by atoms with Crippen molar-refractivity contribution in [2.45, 2.75) is 75.9 Å². The van der Waals surface area contributed by atoms with Crippen LogP contribution in [-0.4, -0.2) is 31.2 Å². The summed E-state index contributed by atoms with van der Waals surface area (Å²) < 4.78 is 81.3. The Morgan fingerprint density at radius 2 is 1.68 bits per heavy atom. The molecular weight excluding hydrogens is 536 g/mol. The maximum absolute atomic E-state index is 13.5. The van der Waals surface area contributed by atoms with Crippen molar-refractivity contribution >= 4 is 5.95 Å². The zero-order valence-electron chi connectivity index (χ0n) is 22.0. The van der Waals surface area contributed by atoms with Crippen molar-refractivity contribution in [3.63, 3.8) is 0 Å². The van der Waals surface area contributed by atoms with Gasteiger partial charge >= 0.3 is 12.4 Å². The van der Waals surface area contributed by atoms with Crippen molar-refractivity contribution in [2.24, 2.45) is 12.8 Å². The van der Waals surface area contributed by atoms with Crippen LogP contribution < -0.4 is 10.6 Å². The first-order chi connectivity index (χ1) is 18.7. The van der Waals surface area contributed by atoms with E-state index in [1.54, 1.807) is 12.3 Å². The molecule has 0 spiro atoms. The number of nitrogens with two attached hydrogens (primary N) is 1. The van der Waals surface area contributed by atoms with E-state index in [1.165, 1.54) is 11.9 Å². The van der Waals surface area contributed by atoms with Crippen LogP contribution in [-0.2, 0) is 37.9 Å². The highest BCUT2D eigenvalue weighted by Crippen LogP contribution is 2.45. The molecule has 13 heteroatoms. The summed E-state index contributed by atoms with van der Waals surface area (Å²) in [6, 6.07) is 3.14. The first kappa shape index (κ1) is 29.3. The first-order valence-corrected chi connectivity index (χ1v) is 12.7. The van der Waals surface area contributed by atoms with Gasteiger partial charge in [-0.1, -0.05) is 23.9 Å². The molecule has 1 aromatic carbocycles. The lowest BCUT2D eigenvalue weighted by Crippen LogP contribution is -2.34. The molecule has 1 saturated carbocycles. The average molecular weight is 566 g/mol. The molecule has 0 amide bonds. The molecule has 2 N–H and O–H groups in total. The third kappa shape index (κ3) is 6.55. The highest BCUT2D eigenvalue weighted by molar-refractivity contribution is 5.43. The second-order valence-corrected chi connectivity index (χ2v) is 10.4. The van der Waals surface area contributed by atoms with Gasteiger partial charge in [0.2, 0.25) is 0 Å². The Morgan fingerprint density at radius 3 is 2.17 bits per heavy atom. The van der Waals surface area contributed by atoms with Gasteiger partial charge in [-0.05, 0) is 66.8 Å². The molecule has 2 heterocycles. The molecular formula is C27H29F6N7. The Kier molecular flexibility index (Phi) is 8.12. The van der Waals surface area contributed by atoms with Gasteiger partial charge in [0.25, 0.3) is 5.95 Å². The number of terminal acetylenes is 1. The number of benzene rings is 1. The summed E-state index contributed by atoms with van der Waals surface area (Å²) in [5.74, 6) is 2.58. The number of pyridine rings is 1. The maximum atomic E-state index is 13.5. The second kappa shape index (κ2) is 11.1. The highest BCUT2D eigenvalue weighted by Gasteiger charge is 2.40. The average Bonchev–Trinajstić information content (AvgIpc) is 3.51. The van der Waals surface area contributed by atoms with Crippen molar-refractivity contribution in [3.8, 4) is 12.3 Å². The fourth-order valence-electron chi connectivity index (χ4n) is 5.53. The van der Waals surface area contributed by atoms with Crippen LogP contribution in [0.1, 0.15) is 72.5 Å². The van der Waals surface area contributed by atoms with Crippen LogP contribution in [0, 0.1) is 12.3 Å². The molecule has 0 aliphatic heterocycles. The van der Waals surface area contributed by atoms with E-state index in [2.05, 4.69) is 21.3 Å². The number of alkyl halides is 6. The number of aryl methyl sites for hydroxylation is 1. The number of aromatic nitrogens is 5. The number of nitrogens with zero attached hydrogens (tertiary/aromatic N) is 6. The summed E-state index contributed by atoms with van der Waals surface area (Å²) in [4.78, 5) is 7.35. The maximum Gasteiger partial charge on any atom is 0.416 e. The molecule has 7 nitrogen and oxygen atoms in total. The van der Waals surface area contributed by atoms with Gasteiger partial charge < -0.3 is 10.6 Å². The smallest absolute Gasteiger partial charge is 0.329 e. The molecule has 0 bridgehead atoms. The molecule has 3 aromatic rings. The lowest BCUT2D eigenvalue weighted by molar-refractivity contribution is -0.143. The van der Waals surface area contributed by atoms with Crippen molar-refractivity contribution in [3.05, 3.63) is 64.0 Å². The molecule has 2 aromatic heterocycles. The number of rotatable bonds is 8. The standard InChI is InChI=1S/C27H29F6N7/c1-4-18-9-20(23(35-14-18)25(13-17(2)34)7-5-6-8-25)16-40(24-36-38-39(3)37-24)15-19-10-21(26(28,29)30)12-22(11-19)27(31,32)33/h1,9-12,14,17H,5-8,13,15-16,34H2,2-3H3. The summed E-state index contributed by atoms with van der Waals surface area (Å²) >= 11 is 0. The minimum absolute atomic E-state index is 0.0157. The third-order valence-electron chi connectivity index (χ3n) is 7.07. The minimum Gasteiger partial charge on any atom is -0.329 e. The van der Waals surface area contributed by atoms with E-state index >= 15 is 0 Å². The Bertz CT molecular complexity index is 1350. The lowest BCUT2D eigenvalue weighted by atomic mass is 9.75. The van der Waals surface area contributed by atoms with Gasteiger partial charge in [0, 0.05) is 36.3 Å². The predicted octanol–water partition coefficient (Wildman–Crippen LogP) is 5.38. The summed E-state index contributed by atoms with van der Waals surface area (Å²) in [5, 5.41) is 12.0. The summed E-state index contributed by atoms with van der Waals surface area (Å²) in [5.41, 5.74) is 4.77. The van der Waals surface area contributed by atoms with Crippen LogP contribution in [0.25, 0.3) is 0 Å². The van der Waals surface area contributed by atoms with Crippen molar-refractivity contribution in [2.75, 3.05) is 4.90 Å². The van der Waals surface area contributed by atoms with Gasteiger partial charge in [-0.2, -0.15) is 31.1 Å². The van der Waals surface area contributed by atoms with Crippen LogP contribution in [0.2, 0.25) is 0 Å². The molecule has 40 heavy (non-hydrogen) atoms. The molecule has 1 fully saturated rings. The predicted molar refractivity (Wildman–Crippen MR) is 136 cm³/mol. The summed E-state index contributed by atoms with van der Waals surface area (Å²) in [7, 11) is 1.50. The van der Waals surface area contributed by atoms with E-state index in [-0.39, 0.29) is 42.1 Å². The fourth-order valence-corrected chi connectivity index (χ4v) is 5.53. The molecule has 1 unspecified atom stereocenters. The number of anilines is 1. The van der Waals surface area contributed by atoms with Gasteiger partial charge in [0.1, 0.15) is 0 Å². The van der Waals surface area contributed by atoms with Gasteiger partial charge in [0.05, 0.1) is 23.9 Å². The number of hydrogen-bond acceptors (Lipinski definition) is 6. The van der Waals surface area contributed by atoms with Crippen LogP contribution in [0.15, 0.2) is 30.5 Å². The molecule has 1 atom stereocenters. The molecule has 214 valence electrons. The Hall–Kier alpha value is -3.66. The largest absolute Gasteiger partial charge is 0.416 e. The third-order valence-corrected chi connectivity index (χ3v) is 7.07. The molecule has 0 saturated heterocycles. The van der Waals surface area contributed by atoms with Gasteiger partial charge in [-0.15, -0.1) is 11.5 Å². The van der Waals surface area contributed by atoms with Gasteiger partial charge in [0.15, 0.2) is 0 Å². The highest BCUT2D eigenvalue weighted by atomic mass is 19.4. The molecule has 1 aliphatic carbocycles. The van der Waals surface area contributed by atoms with E-state index in [0.717, 1.165) is 36.2 Å². The monoisotopic (exact) mass is 565 g/mol. The lowest BCUT2D eigenvalue weighted by Gasteiger charge is -2.33. The van der Waals surface area contributed by atoms with E-state index in [4.69, 9.17) is 17.1 Å². The number of halogens is 6. The molecule has 1 aliphatic rings. The van der Waals surface area contributed by atoms with Crippen molar-refractivity contribution in [1.82, 2.24) is 25.2 Å². The van der Waals surface area contributed by atoms with Crippen molar-refractivity contribution < 1.29 is 26.3 Å². The Morgan fingerprint density at radius 1 is 1.05 bits per heavy atom. The molecule has 4 rings (SSSR count). The Labute approximate surface area is 227 Å². The zero-order chi connectivity index (χ0) is 29.3. The van der Waals surface area contributed by atoms with Crippen LogP contribution in [0.5, 0.6) is 0 Å². The summed E-state index contributed by atoms with van der Waals surface area (Å²) in [6.45, 7) is 1.57. The van der Waals surface area contributed by atoms with Crippen LogP contribution in [0.3, 0.4) is 0 Å². The minimum atomic E-state index is -4.97. The van der Waals surface area contributed by atoms with E-state index in [9.17, 15) is 26.3 Å². The van der Waals surface area contributed by atoms with Gasteiger partial charge in [-0.3, -0.25) is 4.98 Å². The topological polar surface area (TPSA) is 85.8 Å². The summed E-state index contributed by atoms with van der Waals surface area (Å²) in [6.07, 6.45) is 1.59. The SMILES string of the molecule is C#Cc1cnc(C2(CC(C)N)CCCC2)c(CN(Cc2cc(C(F)(F)F)cc(C(F)(F)F)c2)c2nnn(C)n2)c1. The van der Waals surface area contributed by atoms with E-state index in [1.807, 2.05) is 6.92 Å². The van der Waals surface area contributed by atoms with Crippen LogP contribution in [0.4, 0.5) is 32.3 Å². The normalized spacial score (nSPS) is 16.1. The molecule has 0 radical (unpaired) electrons. The Balaban J connectivity index is 1.81. The van der Waals surface area contributed by atoms with E-state index < -0.39 is 23.5 Å². The van der Waals surface area contributed by atoms with Crippen molar-refractivity contribution in [1.29, 1.82) is 0 Å². The quantitative estimate of drug-likeness (QED) is 0.292. The first-order valence-electron chi connectivity index (χ1n) is 12.7. The number of tetrazole rings is 1.